The second-order valence-electron chi connectivity index (χ2n) is 6.41. The molecule has 138 valence electrons. The summed E-state index contributed by atoms with van der Waals surface area (Å²) in [7, 11) is -2.40. The Morgan fingerprint density at radius 3 is 2.40 bits per heavy atom. The molecule has 0 heterocycles. The van der Waals surface area contributed by atoms with Gasteiger partial charge in [-0.05, 0) is 30.4 Å². The lowest BCUT2D eigenvalue weighted by atomic mass is 10.1. The molecule has 1 aliphatic carbocycles. The number of methoxy groups -OCH3 is 1. The highest BCUT2D eigenvalue weighted by atomic mass is 32.2. The molecule has 8 heteroatoms. The Kier molecular flexibility index (Phi) is 6.55. The molecule has 7 nitrogen and oxygen atoms in total. The molecule has 1 saturated carbocycles. The van der Waals surface area contributed by atoms with Gasteiger partial charge in [-0.2, -0.15) is 0 Å². The average Bonchev–Trinajstić information content (AvgIpc) is 2.99. The number of benzene rings is 1. The number of amides is 1. The van der Waals surface area contributed by atoms with Gasteiger partial charge >= 0.3 is 5.97 Å². The van der Waals surface area contributed by atoms with Crippen LogP contribution in [0.5, 0.6) is 0 Å². The third-order valence-electron chi connectivity index (χ3n) is 4.29. The van der Waals surface area contributed by atoms with Gasteiger partial charge in [0, 0.05) is 18.5 Å². The highest BCUT2D eigenvalue weighted by molar-refractivity contribution is 7.91. The van der Waals surface area contributed by atoms with Gasteiger partial charge in [-0.1, -0.05) is 24.3 Å². The zero-order valence-corrected chi connectivity index (χ0v) is 15.1. The van der Waals surface area contributed by atoms with Crippen LogP contribution in [-0.2, 0) is 36.5 Å². The summed E-state index contributed by atoms with van der Waals surface area (Å²) >= 11 is 0. The van der Waals surface area contributed by atoms with Gasteiger partial charge in [0.25, 0.3) is 0 Å². The lowest BCUT2D eigenvalue weighted by Gasteiger charge is -2.11. The second kappa shape index (κ2) is 8.44. The van der Waals surface area contributed by atoms with Crippen molar-refractivity contribution in [3.05, 3.63) is 35.4 Å². The van der Waals surface area contributed by atoms with E-state index in [1.54, 1.807) is 24.3 Å². The van der Waals surface area contributed by atoms with Gasteiger partial charge in [-0.15, -0.1) is 0 Å². The number of carbonyl (C=O) groups is 2. The van der Waals surface area contributed by atoms with Gasteiger partial charge in [0.05, 0.1) is 12.9 Å². The van der Waals surface area contributed by atoms with Crippen molar-refractivity contribution in [2.24, 2.45) is 11.7 Å². The fourth-order valence-corrected chi connectivity index (χ4v) is 4.16. The number of rotatable bonds is 7. The molecule has 0 aromatic heterocycles. The summed E-state index contributed by atoms with van der Waals surface area (Å²) < 4.78 is 28.1. The molecule has 0 spiro atoms. The summed E-state index contributed by atoms with van der Waals surface area (Å²) in [5.41, 5.74) is 7.28. The molecular formula is C17H24N2O5S. The van der Waals surface area contributed by atoms with Crippen LogP contribution < -0.4 is 11.1 Å². The Balaban J connectivity index is 1.85. The van der Waals surface area contributed by atoms with E-state index >= 15 is 0 Å². The second-order valence-corrected chi connectivity index (χ2v) is 8.48. The molecule has 2 rings (SSSR count). The van der Waals surface area contributed by atoms with Crippen LogP contribution in [0.2, 0.25) is 0 Å². The smallest absolute Gasteiger partial charge is 0.320 e. The Bertz CT molecular complexity index is 715. The molecule has 1 fully saturated rings. The van der Waals surface area contributed by atoms with Crippen LogP contribution in [0, 0.1) is 5.92 Å². The first-order chi connectivity index (χ1) is 11.8. The number of ether oxygens (including phenoxy) is 1. The van der Waals surface area contributed by atoms with Gasteiger partial charge in [-0.3, -0.25) is 9.59 Å². The maximum Gasteiger partial charge on any atom is 0.320 e. The Morgan fingerprint density at radius 2 is 1.84 bits per heavy atom. The summed E-state index contributed by atoms with van der Waals surface area (Å²) in [6.45, 7) is 0.389. The van der Waals surface area contributed by atoms with E-state index in [2.05, 4.69) is 10.1 Å². The number of hydrogen-bond donors (Lipinski definition) is 2. The third-order valence-corrected chi connectivity index (χ3v) is 5.73. The van der Waals surface area contributed by atoms with Gasteiger partial charge < -0.3 is 15.8 Å². The molecule has 25 heavy (non-hydrogen) atoms. The summed E-state index contributed by atoms with van der Waals surface area (Å²) in [6, 6.07) is 7.01. The first kappa shape index (κ1) is 19.4. The molecule has 2 unspecified atom stereocenters. The Hall–Kier alpha value is -1.93. The summed E-state index contributed by atoms with van der Waals surface area (Å²) in [6.07, 6.45) is 2.43. The van der Waals surface area contributed by atoms with Crippen LogP contribution in [0.3, 0.4) is 0 Å². The Morgan fingerprint density at radius 1 is 1.20 bits per heavy atom. The molecule has 2 atom stereocenters. The predicted molar refractivity (Wildman–Crippen MR) is 93.1 cm³/mol. The molecule has 0 saturated heterocycles. The quantitative estimate of drug-likeness (QED) is 0.678. The summed E-state index contributed by atoms with van der Waals surface area (Å²) in [4.78, 5) is 23.2. The van der Waals surface area contributed by atoms with E-state index in [1.807, 2.05) is 0 Å². The van der Waals surface area contributed by atoms with E-state index in [4.69, 9.17) is 5.73 Å². The lowest BCUT2D eigenvalue weighted by molar-refractivity contribution is -0.137. The van der Waals surface area contributed by atoms with Crippen molar-refractivity contribution in [1.82, 2.24) is 5.32 Å². The first-order valence-corrected chi connectivity index (χ1v) is 9.99. The minimum absolute atomic E-state index is 0.0117. The normalized spacial score (nSPS) is 20.2. The van der Waals surface area contributed by atoms with Crippen molar-refractivity contribution in [3.63, 3.8) is 0 Å². The number of nitrogens with one attached hydrogen (secondary N) is 1. The molecular weight excluding hydrogens is 344 g/mol. The third kappa shape index (κ3) is 6.13. The number of carbonyl (C=O) groups excluding carboxylic acids is 2. The molecule has 1 amide bonds. The van der Waals surface area contributed by atoms with Crippen molar-refractivity contribution >= 4 is 21.7 Å². The maximum absolute atomic E-state index is 12.1. The molecule has 0 radical (unpaired) electrons. The predicted octanol–water partition coefficient (Wildman–Crippen LogP) is 0.518. The lowest BCUT2D eigenvalue weighted by Crippen LogP contribution is -2.30. The number of nitrogens with two attached hydrogens (primary N) is 1. The van der Waals surface area contributed by atoms with Gasteiger partial charge in [0.2, 0.25) is 5.91 Å². The first-order valence-electron chi connectivity index (χ1n) is 8.17. The van der Waals surface area contributed by atoms with Crippen molar-refractivity contribution < 1.29 is 22.7 Å². The molecule has 0 bridgehead atoms. The molecule has 1 aromatic rings. The van der Waals surface area contributed by atoms with Crippen molar-refractivity contribution in [3.8, 4) is 0 Å². The van der Waals surface area contributed by atoms with E-state index in [9.17, 15) is 18.0 Å². The molecule has 1 aromatic carbocycles. The van der Waals surface area contributed by atoms with E-state index in [1.165, 1.54) is 0 Å². The standard InChI is InChI=1S/C17H24N2O5S/c1-24-16(20)11-25(22,23)10-13-4-2-12(3-5-13)9-19-17(21)14-6-7-15(18)8-14/h2-5,14-15H,6-11,18H2,1H3,(H,19,21). The van der Waals surface area contributed by atoms with Crippen LogP contribution >= 0.6 is 0 Å². The zero-order valence-electron chi connectivity index (χ0n) is 14.2. The van der Waals surface area contributed by atoms with E-state index < -0.39 is 21.6 Å². The van der Waals surface area contributed by atoms with Crippen molar-refractivity contribution in [2.75, 3.05) is 12.9 Å². The fourth-order valence-electron chi connectivity index (χ4n) is 2.88. The maximum atomic E-state index is 12.1. The molecule has 0 aliphatic heterocycles. The van der Waals surface area contributed by atoms with Gasteiger partial charge in [-0.25, -0.2) is 8.42 Å². The van der Waals surface area contributed by atoms with Crippen LogP contribution in [-0.4, -0.2) is 39.2 Å². The highest BCUT2D eigenvalue weighted by Gasteiger charge is 2.27. The van der Waals surface area contributed by atoms with Crippen molar-refractivity contribution in [1.29, 1.82) is 0 Å². The Labute approximate surface area is 147 Å². The SMILES string of the molecule is COC(=O)CS(=O)(=O)Cc1ccc(CNC(=O)C2CCC(N)C2)cc1. The minimum atomic E-state index is -3.56. The van der Waals surface area contributed by atoms with Crippen LogP contribution in [0.25, 0.3) is 0 Å². The highest BCUT2D eigenvalue weighted by Crippen LogP contribution is 2.24. The van der Waals surface area contributed by atoms with Crippen LogP contribution in [0.15, 0.2) is 24.3 Å². The number of esters is 1. The molecule has 3 N–H and O–H groups in total. The average molecular weight is 368 g/mol. The van der Waals surface area contributed by atoms with Gasteiger partial charge in [0.15, 0.2) is 9.84 Å². The zero-order chi connectivity index (χ0) is 18.4. The minimum Gasteiger partial charge on any atom is -0.468 e. The van der Waals surface area contributed by atoms with Crippen LogP contribution in [0.1, 0.15) is 30.4 Å². The van der Waals surface area contributed by atoms with E-state index in [-0.39, 0.29) is 23.6 Å². The number of sulfone groups is 1. The summed E-state index contributed by atoms with van der Waals surface area (Å²) in [5, 5.41) is 2.89. The largest absolute Gasteiger partial charge is 0.468 e. The topological polar surface area (TPSA) is 116 Å². The summed E-state index contributed by atoms with van der Waals surface area (Å²) in [5.74, 6) is -1.64. The number of hydrogen-bond acceptors (Lipinski definition) is 6. The molecule has 1 aliphatic rings. The van der Waals surface area contributed by atoms with E-state index in [0.717, 1.165) is 31.9 Å². The van der Waals surface area contributed by atoms with Gasteiger partial charge in [0.1, 0.15) is 5.75 Å². The van der Waals surface area contributed by atoms with Crippen LogP contribution in [0.4, 0.5) is 0 Å². The van der Waals surface area contributed by atoms with Crippen molar-refractivity contribution in [2.45, 2.75) is 37.6 Å². The monoisotopic (exact) mass is 368 g/mol. The van der Waals surface area contributed by atoms with E-state index in [0.29, 0.717) is 12.1 Å². The fraction of sp³-hybridized carbons (Fsp3) is 0.529.